The van der Waals surface area contributed by atoms with E-state index in [0.29, 0.717) is 12.8 Å². The first-order valence-electron chi connectivity index (χ1n) is 28.9. The molecule has 0 aliphatic rings. The monoisotopic (exact) mass is 957 g/mol. The van der Waals surface area contributed by atoms with E-state index in [0.717, 1.165) is 96.3 Å². The average Bonchev–Trinajstić information content (AvgIpc) is 3.35. The molecule has 69 heavy (non-hydrogen) atoms. The number of aliphatic hydroxyl groups is 1. The Labute approximate surface area is 427 Å². The van der Waals surface area contributed by atoms with Gasteiger partial charge in [0.25, 0.3) is 0 Å². The van der Waals surface area contributed by atoms with Gasteiger partial charge in [0.1, 0.15) is 6.61 Å². The Morgan fingerprint density at radius 2 is 0.623 bits per heavy atom. The third-order valence-corrected chi connectivity index (χ3v) is 12.3. The third kappa shape index (κ3) is 57.0. The molecule has 0 fully saturated rings. The van der Waals surface area contributed by atoms with Gasteiger partial charge >= 0.3 is 11.9 Å². The Balaban J connectivity index is 3.53. The number of carbonyl (C=O) groups is 2. The molecule has 0 spiro atoms. The zero-order chi connectivity index (χ0) is 49.9. The molecule has 5 heteroatoms. The molecule has 0 aliphatic heterocycles. The van der Waals surface area contributed by atoms with Crippen molar-refractivity contribution < 1.29 is 24.2 Å². The van der Waals surface area contributed by atoms with Gasteiger partial charge in [0.05, 0.1) is 6.61 Å². The number of allylic oxidation sites excluding steroid dienone is 18. The first-order valence-corrected chi connectivity index (χ1v) is 28.9. The van der Waals surface area contributed by atoms with Crippen LogP contribution in [0.5, 0.6) is 0 Å². The maximum absolute atomic E-state index is 12.3. The molecule has 0 aliphatic carbocycles. The first kappa shape index (κ1) is 65.6. The minimum atomic E-state index is -0.775. The Bertz CT molecular complexity index is 1360. The lowest BCUT2D eigenvalue weighted by Gasteiger charge is -2.15. The summed E-state index contributed by atoms with van der Waals surface area (Å²) < 4.78 is 10.7. The van der Waals surface area contributed by atoms with Gasteiger partial charge in [-0.3, -0.25) is 9.59 Å². The fraction of sp³-hybridized carbons (Fsp3) is 0.688. The van der Waals surface area contributed by atoms with Gasteiger partial charge in [0.2, 0.25) is 0 Å². The molecule has 0 radical (unpaired) electrons. The van der Waals surface area contributed by atoms with Crippen molar-refractivity contribution in [2.45, 2.75) is 270 Å². The molecule has 0 saturated carbocycles. The summed E-state index contributed by atoms with van der Waals surface area (Å²) in [6.45, 7) is 4.04. The van der Waals surface area contributed by atoms with Crippen LogP contribution in [0.2, 0.25) is 0 Å². The second-order valence-corrected chi connectivity index (χ2v) is 19.0. The maximum Gasteiger partial charge on any atom is 0.306 e. The van der Waals surface area contributed by atoms with E-state index < -0.39 is 6.10 Å². The van der Waals surface area contributed by atoms with E-state index in [1.165, 1.54) is 141 Å². The highest BCUT2D eigenvalue weighted by molar-refractivity contribution is 5.70. The van der Waals surface area contributed by atoms with Gasteiger partial charge in [-0.25, -0.2) is 0 Å². The van der Waals surface area contributed by atoms with Crippen LogP contribution in [0, 0.1) is 0 Å². The van der Waals surface area contributed by atoms with Crippen molar-refractivity contribution in [3.8, 4) is 0 Å². The molecule has 0 heterocycles. The molecular weight excluding hydrogens is 849 g/mol. The number of carbonyl (C=O) groups excluding carboxylic acids is 2. The van der Waals surface area contributed by atoms with Crippen molar-refractivity contribution in [3.05, 3.63) is 109 Å². The fourth-order valence-corrected chi connectivity index (χ4v) is 8.02. The zero-order valence-electron chi connectivity index (χ0n) is 45.0. The van der Waals surface area contributed by atoms with Crippen molar-refractivity contribution in [1.82, 2.24) is 0 Å². The lowest BCUT2D eigenvalue weighted by molar-refractivity contribution is -0.161. The highest BCUT2D eigenvalue weighted by Crippen LogP contribution is 2.16. The molecule has 1 unspecified atom stereocenters. The molecule has 0 saturated heterocycles. The summed E-state index contributed by atoms with van der Waals surface area (Å²) in [6, 6.07) is 0. The average molecular weight is 958 g/mol. The van der Waals surface area contributed by atoms with Crippen molar-refractivity contribution in [2.75, 3.05) is 13.2 Å². The van der Waals surface area contributed by atoms with Crippen LogP contribution < -0.4 is 0 Å². The molecular formula is C64H108O5. The van der Waals surface area contributed by atoms with Crippen molar-refractivity contribution in [3.63, 3.8) is 0 Å². The molecule has 0 bridgehead atoms. The maximum atomic E-state index is 12.3. The van der Waals surface area contributed by atoms with Gasteiger partial charge in [-0.15, -0.1) is 0 Å². The summed E-state index contributed by atoms with van der Waals surface area (Å²) in [5, 5.41) is 9.63. The van der Waals surface area contributed by atoms with Gasteiger partial charge in [-0.05, 0) is 83.5 Å². The number of aliphatic hydroxyl groups excluding tert-OH is 1. The molecule has 0 amide bonds. The molecule has 0 aromatic rings. The molecule has 1 atom stereocenters. The Morgan fingerprint density at radius 1 is 0.348 bits per heavy atom. The summed E-state index contributed by atoms with van der Waals surface area (Å²) in [5.41, 5.74) is 0. The van der Waals surface area contributed by atoms with Crippen LogP contribution in [0.3, 0.4) is 0 Å². The zero-order valence-corrected chi connectivity index (χ0v) is 45.0. The second kappa shape index (κ2) is 58.9. The van der Waals surface area contributed by atoms with Gasteiger partial charge in [-0.1, -0.05) is 277 Å². The van der Waals surface area contributed by atoms with Crippen molar-refractivity contribution in [2.24, 2.45) is 0 Å². The minimum Gasteiger partial charge on any atom is -0.462 e. The summed E-state index contributed by atoms with van der Waals surface area (Å²) in [7, 11) is 0. The molecule has 0 aromatic carbocycles. The van der Waals surface area contributed by atoms with Crippen LogP contribution in [0.15, 0.2) is 109 Å². The van der Waals surface area contributed by atoms with Crippen LogP contribution in [-0.2, 0) is 19.1 Å². The highest BCUT2D eigenvalue weighted by Gasteiger charge is 2.16. The van der Waals surface area contributed by atoms with E-state index in [9.17, 15) is 14.7 Å². The van der Waals surface area contributed by atoms with E-state index in [-0.39, 0.29) is 25.2 Å². The summed E-state index contributed by atoms with van der Waals surface area (Å²) in [4.78, 5) is 24.4. The topological polar surface area (TPSA) is 72.8 Å². The molecule has 5 nitrogen and oxygen atoms in total. The molecule has 0 aromatic heterocycles. The molecule has 1 N–H and O–H groups in total. The number of unbranched alkanes of at least 4 members (excludes halogenated alkanes) is 26. The van der Waals surface area contributed by atoms with Gasteiger partial charge < -0.3 is 14.6 Å². The van der Waals surface area contributed by atoms with Crippen molar-refractivity contribution in [1.29, 1.82) is 0 Å². The number of esters is 2. The quantitative estimate of drug-likeness (QED) is 0.0374. The Morgan fingerprint density at radius 3 is 0.942 bits per heavy atom. The Kier molecular flexibility index (Phi) is 55.9. The lowest BCUT2D eigenvalue weighted by atomic mass is 10.0. The third-order valence-electron chi connectivity index (χ3n) is 12.3. The van der Waals surface area contributed by atoms with E-state index in [1.807, 2.05) is 0 Å². The van der Waals surface area contributed by atoms with Gasteiger partial charge in [0, 0.05) is 12.8 Å². The summed E-state index contributed by atoms with van der Waals surface area (Å²) in [5.74, 6) is -0.587. The minimum absolute atomic E-state index is 0.0664. The van der Waals surface area contributed by atoms with Crippen LogP contribution in [-0.4, -0.2) is 36.4 Å². The smallest absolute Gasteiger partial charge is 0.306 e. The van der Waals surface area contributed by atoms with E-state index in [4.69, 9.17) is 9.47 Å². The molecule has 394 valence electrons. The normalized spacial score (nSPS) is 13.0. The van der Waals surface area contributed by atoms with Crippen LogP contribution in [0.1, 0.15) is 264 Å². The standard InChI is InChI=1S/C64H108O5/c1-3-5-7-9-11-13-15-17-19-20-21-22-23-24-25-26-27-28-29-30-31-32-33-34-35-36-37-38-39-40-41-42-43-44-45-47-49-51-53-55-57-59-64(67)69-62(60-65)61-68-63(66)58-56-54-52-50-48-46-18-16-14-12-10-8-6-4-2/h5,7,11,13,17,19,21-22,24-25,27-28,30-31,33-34,36-37,62,65H,3-4,6,8-10,12,14-16,18,20,23,26,29,32,35,38-61H2,1-2H3/b7-5-,13-11-,19-17-,22-21-,25-24-,28-27-,31-30-,34-33-,37-36-. The van der Waals surface area contributed by atoms with Crippen LogP contribution in [0.4, 0.5) is 0 Å². The Hall–Kier alpha value is -3.44. The summed E-state index contributed by atoms with van der Waals surface area (Å²) >= 11 is 0. The number of rotatable bonds is 52. The number of hydrogen-bond donors (Lipinski definition) is 1. The van der Waals surface area contributed by atoms with Gasteiger partial charge in [0.15, 0.2) is 6.10 Å². The van der Waals surface area contributed by atoms with Crippen LogP contribution in [0.25, 0.3) is 0 Å². The number of hydrogen-bond acceptors (Lipinski definition) is 5. The van der Waals surface area contributed by atoms with Crippen LogP contribution >= 0.6 is 0 Å². The summed E-state index contributed by atoms with van der Waals surface area (Å²) in [6.07, 6.45) is 85.0. The molecule has 0 rings (SSSR count). The SMILES string of the molecule is CC/C=C\C/C=C\C/C=C\C/C=C\C/C=C\C/C=C\C/C=C\C/C=C\C/C=C\CCCCCCCCCCCCCCCC(=O)OC(CO)COC(=O)CCCCCCCCCCCCCCCC. The van der Waals surface area contributed by atoms with E-state index in [2.05, 4.69) is 123 Å². The predicted octanol–water partition coefficient (Wildman–Crippen LogP) is 19.7. The lowest BCUT2D eigenvalue weighted by Crippen LogP contribution is -2.28. The number of ether oxygens (including phenoxy) is 2. The van der Waals surface area contributed by atoms with E-state index in [1.54, 1.807) is 0 Å². The second-order valence-electron chi connectivity index (χ2n) is 19.0. The van der Waals surface area contributed by atoms with E-state index >= 15 is 0 Å². The fourth-order valence-electron chi connectivity index (χ4n) is 8.02. The first-order chi connectivity index (χ1) is 34.1. The largest absolute Gasteiger partial charge is 0.462 e. The van der Waals surface area contributed by atoms with Gasteiger partial charge in [-0.2, -0.15) is 0 Å². The predicted molar refractivity (Wildman–Crippen MR) is 302 cm³/mol. The highest BCUT2D eigenvalue weighted by atomic mass is 16.6. The van der Waals surface area contributed by atoms with Crippen molar-refractivity contribution >= 4 is 11.9 Å².